The summed E-state index contributed by atoms with van der Waals surface area (Å²) in [6, 6.07) is 7.58. The lowest BCUT2D eigenvalue weighted by molar-refractivity contribution is 0.0362. The molecule has 0 radical (unpaired) electrons. The van der Waals surface area contributed by atoms with Crippen LogP contribution in [0.25, 0.3) is 0 Å². The molecule has 2 rings (SSSR count). The van der Waals surface area contributed by atoms with Crippen molar-refractivity contribution in [1.29, 1.82) is 0 Å². The molecule has 1 aromatic rings. The number of carbonyl (C=O) groups is 1. The van der Waals surface area contributed by atoms with Gasteiger partial charge >= 0.3 is 0 Å². The lowest BCUT2D eigenvalue weighted by Gasteiger charge is -2.31. The SMILES string of the molecule is CN(C(=O)c1cccc(C#CCCO)c1)C1CCOCC1. The summed E-state index contributed by atoms with van der Waals surface area (Å²) in [5.41, 5.74) is 1.45. The first-order valence-electron chi connectivity index (χ1n) is 7.27. The largest absolute Gasteiger partial charge is 0.395 e. The minimum absolute atomic E-state index is 0.0210. The fourth-order valence-electron chi connectivity index (χ4n) is 2.39. The monoisotopic (exact) mass is 287 g/mol. The number of rotatable bonds is 3. The minimum atomic E-state index is 0.0210. The van der Waals surface area contributed by atoms with Crippen molar-refractivity contribution in [3.05, 3.63) is 35.4 Å². The lowest BCUT2D eigenvalue weighted by atomic mass is 10.1. The van der Waals surface area contributed by atoms with E-state index in [-0.39, 0.29) is 18.6 Å². The summed E-state index contributed by atoms with van der Waals surface area (Å²) in [6.45, 7) is 1.49. The van der Waals surface area contributed by atoms with E-state index in [2.05, 4.69) is 11.8 Å². The zero-order chi connectivity index (χ0) is 15.1. The highest BCUT2D eigenvalue weighted by atomic mass is 16.5. The quantitative estimate of drug-likeness (QED) is 0.860. The van der Waals surface area contributed by atoms with Crippen LogP contribution in [0.5, 0.6) is 0 Å². The van der Waals surface area contributed by atoms with Gasteiger partial charge in [0.25, 0.3) is 5.91 Å². The zero-order valence-corrected chi connectivity index (χ0v) is 12.3. The number of benzene rings is 1. The van der Waals surface area contributed by atoms with Crippen molar-refractivity contribution in [1.82, 2.24) is 4.90 Å². The van der Waals surface area contributed by atoms with Gasteiger partial charge in [-0.05, 0) is 31.0 Å². The number of aliphatic hydroxyl groups is 1. The third kappa shape index (κ3) is 4.32. The molecular formula is C17H21NO3. The second-order valence-corrected chi connectivity index (χ2v) is 5.12. The highest BCUT2D eigenvalue weighted by molar-refractivity contribution is 5.94. The minimum Gasteiger partial charge on any atom is -0.395 e. The van der Waals surface area contributed by atoms with Crippen LogP contribution in [0.2, 0.25) is 0 Å². The smallest absolute Gasteiger partial charge is 0.253 e. The first kappa shape index (κ1) is 15.6. The van der Waals surface area contributed by atoms with Crippen LogP contribution in [-0.4, -0.2) is 48.8 Å². The summed E-state index contributed by atoms with van der Waals surface area (Å²) in [6.07, 6.45) is 2.22. The van der Waals surface area contributed by atoms with Gasteiger partial charge in [0, 0.05) is 43.9 Å². The van der Waals surface area contributed by atoms with Crippen molar-refractivity contribution >= 4 is 5.91 Å². The molecule has 0 spiro atoms. The van der Waals surface area contributed by atoms with Crippen LogP contribution in [0.4, 0.5) is 0 Å². The fraction of sp³-hybridized carbons (Fsp3) is 0.471. The van der Waals surface area contributed by atoms with Crippen molar-refractivity contribution in [3.63, 3.8) is 0 Å². The second kappa shape index (κ2) is 7.82. The Hall–Kier alpha value is -1.83. The van der Waals surface area contributed by atoms with E-state index in [1.165, 1.54) is 0 Å². The van der Waals surface area contributed by atoms with Crippen molar-refractivity contribution in [2.24, 2.45) is 0 Å². The number of nitrogens with zero attached hydrogens (tertiary/aromatic N) is 1. The van der Waals surface area contributed by atoms with Crippen LogP contribution in [0.3, 0.4) is 0 Å². The number of amides is 1. The highest BCUT2D eigenvalue weighted by Gasteiger charge is 2.23. The molecule has 0 aromatic heterocycles. The molecule has 1 amide bonds. The molecule has 1 aliphatic rings. The Morgan fingerprint density at radius 1 is 1.43 bits per heavy atom. The summed E-state index contributed by atoms with van der Waals surface area (Å²) in [5.74, 6) is 5.85. The Labute approximate surface area is 125 Å². The van der Waals surface area contributed by atoms with Crippen LogP contribution < -0.4 is 0 Å². The molecule has 21 heavy (non-hydrogen) atoms. The molecule has 1 aromatic carbocycles. The third-order valence-corrected chi connectivity index (χ3v) is 3.64. The number of aliphatic hydroxyl groups excluding tert-OH is 1. The predicted molar refractivity (Wildman–Crippen MR) is 81.0 cm³/mol. The van der Waals surface area contributed by atoms with Gasteiger partial charge in [0.15, 0.2) is 0 Å². The van der Waals surface area contributed by atoms with E-state index in [0.717, 1.165) is 31.6 Å². The van der Waals surface area contributed by atoms with E-state index in [1.54, 1.807) is 0 Å². The van der Waals surface area contributed by atoms with Gasteiger partial charge in [-0.3, -0.25) is 4.79 Å². The van der Waals surface area contributed by atoms with Crippen molar-refractivity contribution in [3.8, 4) is 11.8 Å². The fourth-order valence-corrected chi connectivity index (χ4v) is 2.39. The van der Waals surface area contributed by atoms with E-state index in [4.69, 9.17) is 9.84 Å². The molecule has 0 unspecified atom stereocenters. The van der Waals surface area contributed by atoms with Gasteiger partial charge in [0.2, 0.25) is 0 Å². The van der Waals surface area contributed by atoms with Gasteiger partial charge in [-0.2, -0.15) is 0 Å². The van der Waals surface area contributed by atoms with Crippen molar-refractivity contribution < 1.29 is 14.6 Å². The summed E-state index contributed by atoms with van der Waals surface area (Å²) in [7, 11) is 1.85. The van der Waals surface area contributed by atoms with Gasteiger partial charge in [0.1, 0.15) is 0 Å². The van der Waals surface area contributed by atoms with Crippen molar-refractivity contribution in [2.45, 2.75) is 25.3 Å². The summed E-state index contributed by atoms with van der Waals surface area (Å²) >= 11 is 0. The van der Waals surface area contributed by atoms with E-state index >= 15 is 0 Å². The standard InChI is InChI=1S/C17H21NO3/c1-18(16-8-11-21-12-9-16)17(20)15-7-4-6-14(13-15)5-2-3-10-19/h4,6-7,13,16,19H,3,8-12H2,1H3. The number of hydrogen-bond donors (Lipinski definition) is 1. The molecule has 112 valence electrons. The normalized spacial score (nSPS) is 15.1. The van der Waals surface area contributed by atoms with Crippen LogP contribution in [-0.2, 0) is 4.74 Å². The van der Waals surface area contributed by atoms with Gasteiger partial charge < -0.3 is 14.7 Å². The first-order chi connectivity index (χ1) is 10.2. The predicted octanol–water partition coefficient (Wildman–Crippen LogP) is 1.67. The molecule has 0 aliphatic carbocycles. The van der Waals surface area contributed by atoms with Gasteiger partial charge in [0.05, 0.1) is 6.61 Å². The molecule has 4 heteroatoms. The van der Waals surface area contributed by atoms with Crippen LogP contribution in [0, 0.1) is 11.8 Å². The maximum Gasteiger partial charge on any atom is 0.253 e. The molecule has 1 aliphatic heterocycles. The molecule has 1 saturated heterocycles. The molecule has 0 atom stereocenters. The molecular weight excluding hydrogens is 266 g/mol. The molecule has 0 saturated carbocycles. The Kier molecular flexibility index (Phi) is 5.79. The summed E-state index contributed by atoms with van der Waals surface area (Å²) < 4.78 is 5.33. The Bertz CT molecular complexity index is 538. The lowest BCUT2D eigenvalue weighted by Crippen LogP contribution is -2.40. The topological polar surface area (TPSA) is 49.8 Å². The molecule has 1 N–H and O–H groups in total. The van der Waals surface area contributed by atoms with Gasteiger partial charge in [-0.1, -0.05) is 17.9 Å². The third-order valence-electron chi connectivity index (χ3n) is 3.64. The number of carbonyl (C=O) groups excluding carboxylic acids is 1. The van der Waals surface area contributed by atoms with E-state index in [0.29, 0.717) is 12.0 Å². The zero-order valence-electron chi connectivity index (χ0n) is 12.3. The van der Waals surface area contributed by atoms with E-state index in [1.807, 2.05) is 36.2 Å². The molecule has 0 bridgehead atoms. The average Bonchev–Trinajstić information content (AvgIpc) is 2.55. The van der Waals surface area contributed by atoms with Crippen LogP contribution >= 0.6 is 0 Å². The number of hydrogen-bond acceptors (Lipinski definition) is 3. The maximum absolute atomic E-state index is 12.5. The van der Waals surface area contributed by atoms with Crippen molar-refractivity contribution in [2.75, 3.05) is 26.9 Å². The van der Waals surface area contributed by atoms with Crippen LogP contribution in [0.1, 0.15) is 35.2 Å². The van der Waals surface area contributed by atoms with Gasteiger partial charge in [-0.25, -0.2) is 0 Å². The van der Waals surface area contributed by atoms with E-state index < -0.39 is 0 Å². The molecule has 1 fully saturated rings. The highest BCUT2D eigenvalue weighted by Crippen LogP contribution is 2.16. The average molecular weight is 287 g/mol. The Balaban J connectivity index is 2.08. The molecule has 1 heterocycles. The number of ether oxygens (including phenoxy) is 1. The molecule has 4 nitrogen and oxygen atoms in total. The first-order valence-corrected chi connectivity index (χ1v) is 7.27. The summed E-state index contributed by atoms with van der Waals surface area (Å²) in [4.78, 5) is 14.3. The van der Waals surface area contributed by atoms with Crippen LogP contribution in [0.15, 0.2) is 24.3 Å². The van der Waals surface area contributed by atoms with E-state index in [9.17, 15) is 4.79 Å². The van der Waals surface area contributed by atoms with Gasteiger partial charge in [-0.15, -0.1) is 0 Å². The Morgan fingerprint density at radius 2 is 2.19 bits per heavy atom. The second-order valence-electron chi connectivity index (χ2n) is 5.12. The maximum atomic E-state index is 12.5. The Morgan fingerprint density at radius 3 is 2.90 bits per heavy atom. The summed E-state index contributed by atoms with van der Waals surface area (Å²) in [5, 5.41) is 8.73.